The van der Waals surface area contributed by atoms with Crippen molar-refractivity contribution in [2.75, 3.05) is 0 Å². The Hall–Kier alpha value is 0.430. The standard InChI is InChI=1S/C28H59P/c1-5-9-12-13-14-15-16-17-18-19-20-21-22-24-27(23-8-4)28(29,25-10-6-2)26-11-7-3/h27H,5-26,29H2,1-4H3. The Labute approximate surface area is 189 Å². The molecule has 0 heterocycles. The van der Waals surface area contributed by atoms with E-state index in [0.717, 1.165) is 5.92 Å². The normalized spacial score (nSPS) is 13.1. The molecule has 0 saturated carbocycles. The van der Waals surface area contributed by atoms with Gasteiger partial charge in [-0.1, -0.05) is 143 Å². The SMILES string of the molecule is CCCCCCCCCCCCCCCC(CCC)C(P)(CCCC)CCCC. The number of hydrogen-bond acceptors (Lipinski definition) is 0. The van der Waals surface area contributed by atoms with Gasteiger partial charge in [0.1, 0.15) is 0 Å². The second-order valence-electron chi connectivity index (χ2n) is 9.96. The quantitative estimate of drug-likeness (QED) is 0.112. The van der Waals surface area contributed by atoms with Crippen molar-refractivity contribution in [3.63, 3.8) is 0 Å². The van der Waals surface area contributed by atoms with Gasteiger partial charge in [-0.05, 0) is 36.8 Å². The summed E-state index contributed by atoms with van der Waals surface area (Å²) in [7, 11) is 3.37. The highest BCUT2D eigenvalue weighted by Gasteiger charge is 2.32. The molecule has 0 fully saturated rings. The van der Waals surface area contributed by atoms with Gasteiger partial charge >= 0.3 is 0 Å². The molecule has 0 spiro atoms. The minimum atomic E-state index is 0.527. The molecule has 0 nitrogen and oxygen atoms in total. The molecule has 0 saturated heterocycles. The molecular formula is C28H59P. The summed E-state index contributed by atoms with van der Waals surface area (Å²) in [6, 6.07) is 0. The van der Waals surface area contributed by atoms with Crippen LogP contribution in [0.1, 0.15) is 169 Å². The second-order valence-corrected chi connectivity index (χ2v) is 11.1. The molecule has 0 aliphatic carbocycles. The Bertz CT molecular complexity index is 303. The smallest absolute Gasteiger partial charge is 0.0122 e. The summed E-state index contributed by atoms with van der Waals surface area (Å²) in [6.07, 6.45) is 31.7. The summed E-state index contributed by atoms with van der Waals surface area (Å²) in [5.74, 6) is 0.934. The van der Waals surface area contributed by atoms with Crippen molar-refractivity contribution < 1.29 is 0 Å². The lowest BCUT2D eigenvalue weighted by Gasteiger charge is -2.38. The number of rotatable bonds is 23. The third kappa shape index (κ3) is 16.8. The molecule has 0 aromatic heterocycles. The average Bonchev–Trinajstić information content (AvgIpc) is 2.73. The van der Waals surface area contributed by atoms with E-state index >= 15 is 0 Å². The zero-order valence-corrected chi connectivity index (χ0v) is 22.4. The third-order valence-electron chi connectivity index (χ3n) is 7.10. The second kappa shape index (κ2) is 21.7. The molecule has 0 radical (unpaired) electrons. The van der Waals surface area contributed by atoms with Crippen LogP contribution in [-0.2, 0) is 0 Å². The van der Waals surface area contributed by atoms with Crippen molar-refractivity contribution in [2.24, 2.45) is 5.92 Å². The van der Waals surface area contributed by atoms with Crippen molar-refractivity contribution in [1.82, 2.24) is 0 Å². The van der Waals surface area contributed by atoms with Gasteiger partial charge in [0.2, 0.25) is 0 Å². The van der Waals surface area contributed by atoms with Gasteiger partial charge < -0.3 is 0 Å². The highest BCUT2D eigenvalue weighted by atomic mass is 31.0. The van der Waals surface area contributed by atoms with Gasteiger partial charge in [-0.25, -0.2) is 0 Å². The predicted octanol–water partition coefficient (Wildman–Crippen LogP) is 10.9. The lowest BCUT2D eigenvalue weighted by molar-refractivity contribution is 0.278. The first-order chi connectivity index (χ1) is 14.1. The minimum absolute atomic E-state index is 0.527. The zero-order chi connectivity index (χ0) is 21.6. The summed E-state index contributed by atoms with van der Waals surface area (Å²) in [6.45, 7) is 9.40. The Morgan fingerprint density at radius 2 is 0.828 bits per heavy atom. The van der Waals surface area contributed by atoms with Crippen molar-refractivity contribution in [3.05, 3.63) is 0 Å². The molecule has 0 aliphatic heterocycles. The molecule has 0 aromatic rings. The minimum Gasteiger partial charge on any atom is -0.131 e. The highest BCUT2D eigenvalue weighted by molar-refractivity contribution is 7.19. The summed E-state index contributed by atoms with van der Waals surface area (Å²) < 4.78 is 0. The lowest BCUT2D eigenvalue weighted by Crippen LogP contribution is -2.31. The fraction of sp³-hybridized carbons (Fsp3) is 1.00. The summed E-state index contributed by atoms with van der Waals surface area (Å²) >= 11 is 0. The monoisotopic (exact) mass is 426 g/mol. The van der Waals surface area contributed by atoms with Crippen molar-refractivity contribution >= 4 is 9.24 Å². The van der Waals surface area contributed by atoms with Gasteiger partial charge in [0, 0.05) is 0 Å². The van der Waals surface area contributed by atoms with Crippen molar-refractivity contribution in [1.29, 1.82) is 0 Å². The first kappa shape index (κ1) is 29.4. The van der Waals surface area contributed by atoms with Gasteiger partial charge in [-0.15, -0.1) is 9.24 Å². The largest absolute Gasteiger partial charge is 0.131 e. The molecule has 0 aliphatic rings. The topological polar surface area (TPSA) is 0 Å². The Morgan fingerprint density at radius 1 is 0.448 bits per heavy atom. The Morgan fingerprint density at radius 3 is 1.21 bits per heavy atom. The van der Waals surface area contributed by atoms with Gasteiger partial charge in [0.05, 0.1) is 0 Å². The van der Waals surface area contributed by atoms with Gasteiger partial charge in [0.25, 0.3) is 0 Å². The van der Waals surface area contributed by atoms with Crippen LogP contribution < -0.4 is 0 Å². The van der Waals surface area contributed by atoms with Crippen LogP contribution in [0.2, 0.25) is 0 Å². The average molecular weight is 427 g/mol. The summed E-state index contributed by atoms with van der Waals surface area (Å²) in [5.41, 5.74) is 0. The van der Waals surface area contributed by atoms with Crippen LogP contribution in [0.15, 0.2) is 0 Å². The number of hydrogen-bond donors (Lipinski definition) is 0. The molecule has 0 aromatic carbocycles. The van der Waals surface area contributed by atoms with E-state index < -0.39 is 0 Å². The maximum atomic E-state index is 3.37. The van der Waals surface area contributed by atoms with Gasteiger partial charge in [-0.2, -0.15) is 0 Å². The van der Waals surface area contributed by atoms with E-state index in [0.29, 0.717) is 5.16 Å². The van der Waals surface area contributed by atoms with E-state index in [4.69, 9.17) is 0 Å². The molecule has 0 rings (SSSR count). The van der Waals surface area contributed by atoms with Crippen LogP contribution in [0.25, 0.3) is 0 Å². The van der Waals surface area contributed by atoms with Crippen LogP contribution in [-0.4, -0.2) is 5.16 Å². The molecule has 0 amide bonds. The van der Waals surface area contributed by atoms with E-state index in [1.54, 1.807) is 0 Å². The molecule has 2 atom stereocenters. The Kier molecular flexibility index (Phi) is 22.0. The molecular weight excluding hydrogens is 367 g/mol. The molecule has 176 valence electrons. The molecule has 0 bridgehead atoms. The molecule has 29 heavy (non-hydrogen) atoms. The van der Waals surface area contributed by atoms with Crippen LogP contribution in [0, 0.1) is 5.92 Å². The fourth-order valence-electron chi connectivity index (χ4n) is 5.02. The fourth-order valence-corrected chi connectivity index (χ4v) is 5.76. The van der Waals surface area contributed by atoms with Gasteiger partial charge in [0.15, 0.2) is 0 Å². The predicted molar refractivity (Wildman–Crippen MR) is 140 cm³/mol. The highest BCUT2D eigenvalue weighted by Crippen LogP contribution is 2.43. The lowest BCUT2D eigenvalue weighted by atomic mass is 9.77. The summed E-state index contributed by atoms with van der Waals surface area (Å²) in [4.78, 5) is 0. The summed E-state index contributed by atoms with van der Waals surface area (Å²) in [5, 5.41) is 0.527. The third-order valence-corrected chi connectivity index (χ3v) is 8.15. The first-order valence-corrected chi connectivity index (χ1v) is 14.5. The molecule has 2 unspecified atom stereocenters. The zero-order valence-electron chi connectivity index (χ0n) is 21.2. The van der Waals surface area contributed by atoms with Crippen LogP contribution in [0.5, 0.6) is 0 Å². The Balaban J connectivity index is 3.91. The van der Waals surface area contributed by atoms with Crippen LogP contribution in [0.3, 0.4) is 0 Å². The van der Waals surface area contributed by atoms with Crippen LogP contribution >= 0.6 is 9.24 Å². The first-order valence-electron chi connectivity index (χ1n) is 13.9. The van der Waals surface area contributed by atoms with E-state index in [9.17, 15) is 0 Å². The van der Waals surface area contributed by atoms with Crippen LogP contribution in [0.4, 0.5) is 0 Å². The van der Waals surface area contributed by atoms with E-state index in [-0.39, 0.29) is 0 Å². The number of unbranched alkanes of at least 4 members (excludes halogenated alkanes) is 14. The van der Waals surface area contributed by atoms with E-state index in [1.807, 2.05) is 0 Å². The van der Waals surface area contributed by atoms with Gasteiger partial charge in [-0.3, -0.25) is 0 Å². The molecule has 0 N–H and O–H groups in total. The van der Waals surface area contributed by atoms with E-state index in [1.165, 1.54) is 141 Å². The maximum absolute atomic E-state index is 3.37. The maximum Gasteiger partial charge on any atom is -0.0122 e. The van der Waals surface area contributed by atoms with E-state index in [2.05, 4.69) is 36.9 Å². The van der Waals surface area contributed by atoms with Crippen molar-refractivity contribution in [2.45, 2.75) is 174 Å². The molecule has 1 heteroatoms. The van der Waals surface area contributed by atoms with Crippen molar-refractivity contribution in [3.8, 4) is 0 Å².